The average Bonchev–Trinajstić information content (AvgIpc) is 3.11. The van der Waals surface area contributed by atoms with E-state index in [1.807, 2.05) is 24.3 Å². The number of carbonyl (C=O) groups is 1. The van der Waals surface area contributed by atoms with Crippen LogP contribution in [0.1, 0.15) is 18.0 Å². The Hall–Kier alpha value is -3.36. The molecule has 4 aromatic rings. The molecule has 30 heavy (non-hydrogen) atoms. The number of methoxy groups -OCH3 is 1. The second-order valence-electron chi connectivity index (χ2n) is 6.80. The van der Waals surface area contributed by atoms with E-state index in [1.165, 1.54) is 19.2 Å². The van der Waals surface area contributed by atoms with E-state index >= 15 is 0 Å². The second kappa shape index (κ2) is 7.81. The molecule has 0 fully saturated rings. The quantitative estimate of drug-likeness (QED) is 0.462. The number of sulfonamides is 1. The number of aliphatic carboxylic acids is 1. The summed E-state index contributed by atoms with van der Waals surface area (Å²) in [7, 11) is -2.48. The number of nitrogens with one attached hydrogen (secondary N) is 1. The van der Waals surface area contributed by atoms with Crippen molar-refractivity contribution in [1.29, 1.82) is 0 Å². The maximum atomic E-state index is 13.1. The van der Waals surface area contributed by atoms with Gasteiger partial charge in [0.15, 0.2) is 0 Å². The number of rotatable bonds is 7. The first-order valence-corrected chi connectivity index (χ1v) is 10.6. The molecule has 1 aromatic heterocycles. The van der Waals surface area contributed by atoms with Gasteiger partial charge in [-0.3, -0.25) is 4.79 Å². The number of carboxylic acids is 1. The summed E-state index contributed by atoms with van der Waals surface area (Å²) in [6, 6.07) is 17.6. The van der Waals surface area contributed by atoms with Crippen molar-refractivity contribution in [2.45, 2.75) is 17.4 Å². The number of para-hydroxylation sites is 1. The highest BCUT2D eigenvalue weighted by Gasteiger charge is 2.24. The Balaban J connectivity index is 1.71. The minimum absolute atomic E-state index is 0.0328. The summed E-state index contributed by atoms with van der Waals surface area (Å²) in [4.78, 5) is 11.4. The van der Waals surface area contributed by atoms with Crippen LogP contribution in [0.2, 0.25) is 0 Å². The zero-order chi connectivity index (χ0) is 21.3. The Labute approximate surface area is 172 Å². The maximum Gasteiger partial charge on any atom is 0.305 e. The van der Waals surface area contributed by atoms with Crippen molar-refractivity contribution < 1.29 is 27.5 Å². The van der Waals surface area contributed by atoms with Crippen LogP contribution in [0.5, 0.6) is 5.75 Å². The van der Waals surface area contributed by atoms with Crippen molar-refractivity contribution in [1.82, 2.24) is 4.72 Å². The Morgan fingerprint density at radius 3 is 2.43 bits per heavy atom. The lowest BCUT2D eigenvalue weighted by Crippen LogP contribution is -2.30. The van der Waals surface area contributed by atoms with Gasteiger partial charge < -0.3 is 14.3 Å². The summed E-state index contributed by atoms with van der Waals surface area (Å²) < 4.78 is 39.5. The van der Waals surface area contributed by atoms with Gasteiger partial charge in [-0.2, -0.15) is 0 Å². The standard InChI is InChI=1S/C22H19NO6S/c1-28-15-8-6-14(7-9-15)19(13-22(24)25)23-30(26,27)16-10-11-21-18(12-16)17-4-2-3-5-20(17)29-21/h2-12,19,23H,13H2,1H3,(H,24,25). The molecule has 0 amide bonds. The molecule has 0 aliphatic heterocycles. The van der Waals surface area contributed by atoms with E-state index in [0.29, 0.717) is 27.9 Å². The van der Waals surface area contributed by atoms with Crippen LogP contribution < -0.4 is 9.46 Å². The Morgan fingerprint density at radius 1 is 1.03 bits per heavy atom. The van der Waals surface area contributed by atoms with E-state index in [2.05, 4.69) is 4.72 Å². The Bertz CT molecular complexity index is 1330. The molecule has 0 saturated heterocycles. The summed E-state index contributed by atoms with van der Waals surface area (Å²) in [5.41, 5.74) is 1.76. The van der Waals surface area contributed by atoms with E-state index < -0.39 is 28.5 Å². The molecular weight excluding hydrogens is 406 g/mol. The van der Waals surface area contributed by atoms with Gasteiger partial charge in [0.1, 0.15) is 16.9 Å². The molecule has 1 unspecified atom stereocenters. The Morgan fingerprint density at radius 2 is 1.73 bits per heavy atom. The third kappa shape index (κ3) is 3.87. The molecule has 0 radical (unpaired) electrons. The van der Waals surface area contributed by atoms with Gasteiger partial charge in [0.25, 0.3) is 0 Å². The minimum atomic E-state index is -3.99. The third-order valence-corrected chi connectivity index (χ3v) is 6.32. The zero-order valence-electron chi connectivity index (χ0n) is 16.0. The van der Waals surface area contributed by atoms with Crippen molar-refractivity contribution in [3.8, 4) is 5.75 Å². The predicted octanol–water partition coefficient (Wildman–Crippen LogP) is 4.09. The first-order chi connectivity index (χ1) is 14.4. The van der Waals surface area contributed by atoms with Gasteiger partial charge in [0.05, 0.1) is 24.5 Å². The molecule has 3 aromatic carbocycles. The number of carboxylic acid groups (broad SMARTS) is 1. The highest BCUT2D eigenvalue weighted by atomic mass is 32.2. The van der Waals surface area contributed by atoms with Crippen LogP contribution in [-0.4, -0.2) is 26.6 Å². The van der Waals surface area contributed by atoms with Gasteiger partial charge in [-0.05, 0) is 42.0 Å². The summed E-state index contributed by atoms with van der Waals surface area (Å²) in [6.45, 7) is 0. The monoisotopic (exact) mass is 425 g/mol. The molecule has 2 N–H and O–H groups in total. The minimum Gasteiger partial charge on any atom is -0.497 e. The molecule has 8 heteroatoms. The van der Waals surface area contributed by atoms with Gasteiger partial charge >= 0.3 is 5.97 Å². The molecule has 0 aliphatic carbocycles. The molecule has 7 nitrogen and oxygen atoms in total. The van der Waals surface area contributed by atoms with E-state index in [4.69, 9.17) is 9.15 Å². The lowest BCUT2D eigenvalue weighted by molar-refractivity contribution is -0.137. The van der Waals surface area contributed by atoms with Crippen LogP contribution in [0.4, 0.5) is 0 Å². The Kier molecular flexibility index (Phi) is 5.19. The van der Waals surface area contributed by atoms with Gasteiger partial charge in [0.2, 0.25) is 10.0 Å². The molecule has 0 bridgehead atoms. The van der Waals surface area contributed by atoms with Crippen LogP contribution in [0, 0.1) is 0 Å². The largest absolute Gasteiger partial charge is 0.497 e. The number of furan rings is 1. The maximum absolute atomic E-state index is 13.1. The molecule has 154 valence electrons. The van der Waals surface area contributed by atoms with Gasteiger partial charge in [-0.25, -0.2) is 13.1 Å². The highest BCUT2D eigenvalue weighted by Crippen LogP contribution is 2.31. The van der Waals surface area contributed by atoms with E-state index in [-0.39, 0.29) is 4.90 Å². The zero-order valence-corrected chi connectivity index (χ0v) is 16.8. The van der Waals surface area contributed by atoms with E-state index in [0.717, 1.165) is 5.39 Å². The topological polar surface area (TPSA) is 106 Å². The predicted molar refractivity (Wildman–Crippen MR) is 112 cm³/mol. The van der Waals surface area contributed by atoms with Crippen LogP contribution in [-0.2, 0) is 14.8 Å². The smallest absolute Gasteiger partial charge is 0.305 e. The van der Waals surface area contributed by atoms with Crippen molar-refractivity contribution >= 4 is 37.9 Å². The van der Waals surface area contributed by atoms with E-state index in [1.54, 1.807) is 30.3 Å². The van der Waals surface area contributed by atoms with Crippen molar-refractivity contribution in [2.24, 2.45) is 0 Å². The molecular formula is C22H19NO6S. The number of ether oxygens (including phenoxy) is 1. The second-order valence-corrected chi connectivity index (χ2v) is 8.52. The lowest BCUT2D eigenvalue weighted by Gasteiger charge is -2.18. The molecule has 0 aliphatic rings. The fraction of sp³-hybridized carbons (Fsp3) is 0.136. The number of hydrogen-bond donors (Lipinski definition) is 2. The van der Waals surface area contributed by atoms with Crippen LogP contribution in [0.15, 0.2) is 76.0 Å². The number of fused-ring (bicyclic) bond motifs is 3. The molecule has 0 saturated carbocycles. The highest BCUT2D eigenvalue weighted by molar-refractivity contribution is 7.89. The summed E-state index contributed by atoms with van der Waals surface area (Å²) in [5.74, 6) is -0.525. The molecule has 1 atom stereocenters. The first-order valence-electron chi connectivity index (χ1n) is 9.17. The van der Waals surface area contributed by atoms with Gasteiger partial charge in [0, 0.05) is 10.8 Å². The fourth-order valence-corrected chi connectivity index (χ4v) is 4.62. The molecule has 1 heterocycles. The van der Waals surface area contributed by atoms with Crippen LogP contribution in [0.3, 0.4) is 0 Å². The lowest BCUT2D eigenvalue weighted by atomic mass is 10.0. The summed E-state index contributed by atoms with van der Waals surface area (Å²) in [6.07, 6.45) is -0.400. The van der Waals surface area contributed by atoms with Crippen LogP contribution in [0.25, 0.3) is 21.9 Å². The van der Waals surface area contributed by atoms with Crippen molar-refractivity contribution in [2.75, 3.05) is 7.11 Å². The van der Waals surface area contributed by atoms with Gasteiger partial charge in [-0.15, -0.1) is 0 Å². The van der Waals surface area contributed by atoms with Gasteiger partial charge in [-0.1, -0.05) is 30.3 Å². The molecule has 0 spiro atoms. The van der Waals surface area contributed by atoms with Crippen LogP contribution >= 0.6 is 0 Å². The van der Waals surface area contributed by atoms with Crippen molar-refractivity contribution in [3.05, 3.63) is 72.3 Å². The first kappa shape index (κ1) is 19.9. The van der Waals surface area contributed by atoms with Crippen molar-refractivity contribution in [3.63, 3.8) is 0 Å². The third-order valence-electron chi connectivity index (χ3n) is 4.85. The van der Waals surface area contributed by atoms with E-state index in [9.17, 15) is 18.3 Å². The average molecular weight is 425 g/mol. The normalized spacial score (nSPS) is 12.8. The fourth-order valence-electron chi connectivity index (χ4n) is 3.37. The summed E-state index contributed by atoms with van der Waals surface area (Å²) >= 11 is 0. The summed E-state index contributed by atoms with van der Waals surface area (Å²) in [5, 5.41) is 10.8. The molecule has 4 rings (SSSR count). The number of hydrogen-bond acceptors (Lipinski definition) is 5. The SMILES string of the molecule is COc1ccc(C(CC(=O)O)NS(=O)(=O)c2ccc3oc4ccccc4c3c2)cc1. The number of benzene rings is 3.